The number of nitrogens with one attached hydrogen (secondary N) is 1. The topological polar surface area (TPSA) is 99.4 Å². The van der Waals surface area contributed by atoms with Crippen molar-refractivity contribution in [2.45, 2.75) is 32.8 Å². The molecule has 0 aliphatic rings. The maximum Gasteiger partial charge on any atom is 0.330 e. The average Bonchev–Trinajstić information content (AvgIpc) is 2.65. The normalized spacial score (nSPS) is 11.2. The number of ether oxygens (including phenoxy) is 1. The summed E-state index contributed by atoms with van der Waals surface area (Å²) in [6.45, 7) is 5.68. The Balaban J connectivity index is 1.92. The molecule has 0 bridgehead atoms. The average molecular weight is 387 g/mol. The maximum atomic E-state index is 12.2. The summed E-state index contributed by atoms with van der Waals surface area (Å²) in [5.41, 5.74) is 0.798. The van der Waals surface area contributed by atoms with Crippen LogP contribution < -0.4 is 16.6 Å². The molecule has 2 rings (SSSR count). The van der Waals surface area contributed by atoms with Crippen LogP contribution in [0, 0.1) is 0 Å². The first-order valence-electron chi connectivity index (χ1n) is 8.81. The number of hydrogen-bond acceptors (Lipinski definition) is 5. The summed E-state index contributed by atoms with van der Waals surface area (Å²) in [5.74, 6) is -1.06. The van der Waals surface area contributed by atoms with Crippen molar-refractivity contribution in [2.75, 3.05) is 6.54 Å². The molecule has 0 atom stereocenters. The minimum Gasteiger partial charge on any atom is -0.458 e. The SMILES string of the molecule is Cn1c(COC(=O)CNC(=O)c2ccc(C(C)(C)C)cc2)cc(=O)n(C)c1=O. The highest BCUT2D eigenvalue weighted by atomic mass is 16.5. The molecular weight excluding hydrogens is 362 g/mol. The molecule has 1 aromatic heterocycles. The molecule has 8 heteroatoms. The lowest BCUT2D eigenvalue weighted by molar-refractivity contribution is -0.143. The second kappa shape index (κ2) is 8.24. The van der Waals surface area contributed by atoms with Gasteiger partial charge in [0, 0.05) is 25.7 Å². The summed E-state index contributed by atoms with van der Waals surface area (Å²) >= 11 is 0. The van der Waals surface area contributed by atoms with Crippen LogP contribution in [0.4, 0.5) is 0 Å². The second-order valence-corrected chi connectivity index (χ2v) is 7.55. The van der Waals surface area contributed by atoms with Crippen molar-refractivity contribution in [1.82, 2.24) is 14.5 Å². The highest BCUT2D eigenvalue weighted by molar-refractivity contribution is 5.95. The highest BCUT2D eigenvalue weighted by Gasteiger charge is 2.15. The Hall–Kier alpha value is -3.16. The largest absolute Gasteiger partial charge is 0.458 e. The highest BCUT2D eigenvalue weighted by Crippen LogP contribution is 2.22. The van der Waals surface area contributed by atoms with Gasteiger partial charge in [0.15, 0.2) is 0 Å². The van der Waals surface area contributed by atoms with E-state index in [9.17, 15) is 19.2 Å². The Bertz CT molecular complexity index is 994. The molecule has 1 heterocycles. The van der Waals surface area contributed by atoms with Crippen molar-refractivity contribution < 1.29 is 14.3 Å². The van der Waals surface area contributed by atoms with E-state index in [0.29, 0.717) is 5.56 Å². The third-order valence-corrected chi connectivity index (χ3v) is 4.41. The standard InChI is InChI=1S/C20H25N3O5/c1-20(2,3)14-8-6-13(7-9-14)18(26)21-11-17(25)28-12-15-10-16(24)23(5)19(27)22(15)4/h6-10H,11-12H2,1-5H3,(H,21,26). The third-order valence-electron chi connectivity index (χ3n) is 4.41. The fourth-order valence-electron chi connectivity index (χ4n) is 2.50. The van der Waals surface area contributed by atoms with Gasteiger partial charge in [0.1, 0.15) is 13.2 Å². The first-order chi connectivity index (χ1) is 13.0. The van der Waals surface area contributed by atoms with Gasteiger partial charge < -0.3 is 10.1 Å². The number of carbonyl (C=O) groups is 2. The second-order valence-electron chi connectivity index (χ2n) is 7.55. The molecule has 0 unspecified atom stereocenters. The lowest BCUT2D eigenvalue weighted by Crippen LogP contribution is -2.38. The minimum absolute atomic E-state index is 0.0165. The van der Waals surface area contributed by atoms with Crippen molar-refractivity contribution >= 4 is 11.9 Å². The number of amides is 1. The first kappa shape index (κ1) is 21.1. The molecule has 150 valence electrons. The molecule has 2 aromatic rings. The number of aromatic nitrogens is 2. The zero-order chi connectivity index (χ0) is 21.1. The predicted octanol–water partition coefficient (Wildman–Crippen LogP) is 0.855. The number of esters is 1. The monoisotopic (exact) mass is 387 g/mol. The summed E-state index contributed by atoms with van der Waals surface area (Å²) in [5, 5.41) is 2.49. The van der Waals surface area contributed by atoms with Crippen LogP contribution in [0.25, 0.3) is 0 Å². The van der Waals surface area contributed by atoms with Gasteiger partial charge in [0.05, 0.1) is 5.69 Å². The molecule has 28 heavy (non-hydrogen) atoms. The molecule has 0 saturated heterocycles. The lowest BCUT2D eigenvalue weighted by Gasteiger charge is -2.19. The summed E-state index contributed by atoms with van der Waals surface area (Å²) in [6.07, 6.45) is 0. The van der Waals surface area contributed by atoms with Crippen LogP contribution in [0.2, 0.25) is 0 Å². The summed E-state index contributed by atoms with van der Waals surface area (Å²) in [7, 11) is 2.85. The van der Waals surface area contributed by atoms with Gasteiger partial charge in [-0.1, -0.05) is 32.9 Å². The van der Waals surface area contributed by atoms with Crippen LogP contribution in [0.5, 0.6) is 0 Å². The molecule has 0 aliphatic carbocycles. The van der Waals surface area contributed by atoms with Gasteiger partial charge in [-0.15, -0.1) is 0 Å². The van der Waals surface area contributed by atoms with Gasteiger partial charge in [0.25, 0.3) is 11.5 Å². The van der Waals surface area contributed by atoms with Gasteiger partial charge in [-0.05, 0) is 23.1 Å². The van der Waals surface area contributed by atoms with Crippen LogP contribution in [0.3, 0.4) is 0 Å². The Labute approximate surface area is 162 Å². The molecule has 0 aliphatic heterocycles. The van der Waals surface area contributed by atoms with Gasteiger partial charge in [-0.25, -0.2) is 4.79 Å². The number of rotatable bonds is 5. The minimum atomic E-state index is -0.673. The number of carbonyl (C=O) groups excluding carboxylic acids is 2. The van der Waals surface area contributed by atoms with Crippen molar-refractivity contribution in [3.63, 3.8) is 0 Å². The van der Waals surface area contributed by atoms with E-state index >= 15 is 0 Å². The summed E-state index contributed by atoms with van der Waals surface area (Å²) < 4.78 is 7.23. The van der Waals surface area contributed by atoms with Crippen molar-refractivity contribution in [3.8, 4) is 0 Å². The van der Waals surface area contributed by atoms with E-state index in [0.717, 1.165) is 10.1 Å². The zero-order valence-electron chi connectivity index (χ0n) is 16.7. The maximum absolute atomic E-state index is 12.2. The molecule has 0 spiro atoms. The van der Waals surface area contributed by atoms with E-state index in [-0.39, 0.29) is 24.3 Å². The Kier molecular flexibility index (Phi) is 6.23. The smallest absolute Gasteiger partial charge is 0.330 e. The van der Waals surface area contributed by atoms with Crippen LogP contribution in [-0.4, -0.2) is 27.6 Å². The summed E-state index contributed by atoms with van der Waals surface area (Å²) in [6, 6.07) is 8.39. The van der Waals surface area contributed by atoms with E-state index in [1.165, 1.54) is 24.7 Å². The van der Waals surface area contributed by atoms with Crippen LogP contribution >= 0.6 is 0 Å². The Morgan fingerprint density at radius 3 is 2.21 bits per heavy atom. The molecule has 0 radical (unpaired) electrons. The molecule has 0 fully saturated rings. The third kappa shape index (κ3) is 4.97. The van der Waals surface area contributed by atoms with Crippen LogP contribution in [0.15, 0.2) is 39.9 Å². The molecule has 1 amide bonds. The molecule has 8 nitrogen and oxygen atoms in total. The number of nitrogens with zero attached hydrogens (tertiary/aromatic N) is 2. The van der Waals surface area contributed by atoms with Crippen LogP contribution in [-0.2, 0) is 35.6 Å². The Morgan fingerprint density at radius 2 is 1.64 bits per heavy atom. The van der Waals surface area contributed by atoms with Gasteiger partial charge in [-0.2, -0.15) is 0 Å². The molecular formula is C20H25N3O5. The molecule has 1 aromatic carbocycles. The van der Waals surface area contributed by atoms with E-state index < -0.39 is 23.1 Å². The lowest BCUT2D eigenvalue weighted by atomic mass is 9.87. The zero-order valence-corrected chi connectivity index (χ0v) is 16.7. The molecule has 0 saturated carbocycles. The van der Waals surface area contributed by atoms with E-state index in [2.05, 4.69) is 26.1 Å². The number of benzene rings is 1. The fraction of sp³-hybridized carbons (Fsp3) is 0.400. The summed E-state index contributed by atoms with van der Waals surface area (Å²) in [4.78, 5) is 47.5. The van der Waals surface area contributed by atoms with Crippen molar-refractivity contribution in [1.29, 1.82) is 0 Å². The van der Waals surface area contributed by atoms with Gasteiger partial charge in [0.2, 0.25) is 0 Å². The van der Waals surface area contributed by atoms with Crippen molar-refractivity contribution in [3.05, 3.63) is 68.0 Å². The van der Waals surface area contributed by atoms with Gasteiger partial charge >= 0.3 is 11.7 Å². The number of hydrogen-bond donors (Lipinski definition) is 1. The van der Waals surface area contributed by atoms with E-state index in [4.69, 9.17) is 4.74 Å². The first-order valence-corrected chi connectivity index (χ1v) is 8.81. The van der Waals surface area contributed by atoms with E-state index in [1.807, 2.05) is 12.1 Å². The van der Waals surface area contributed by atoms with Gasteiger partial charge in [-0.3, -0.25) is 23.5 Å². The quantitative estimate of drug-likeness (QED) is 0.767. The fourth-order valence-corrected chi connectivity index (χ4v) is 2.50. The van der Waals surface area contributed by atoms with E-state index in [1.54, 1.807) is 12.1 Å². The Morgan fingerprint density at radius 1 is 1.04 bits per heavy atom. The van der Waals surface area contributed by atoms with Crippen molar-refractivity contribution in [2.24, 2.45) is 14.1 Å². The predicted molar refractivity (Wildman–Crippen MR) is 104 cm³/mol. The molecule has 1 N–H and O–H groups in total. The van der Waals surface area contributed by atoms with Crippen LogP contribution in [0.1, 0.15) is 42.4 Å².